The molecule has 132 valence electrons. The van der Waals surface area contributed by atoms with Crippen LogP contribution in [-0.2, 0) is 0 Å². The number of pyridine rings is 1. The Morgan fingerprint density at radius 3 is 1.46 bits per heavy atom. The lowest BCUT2D eigenvalue weighted by Crippen LogP contribution is -1.84. The van der Waals surface area contributed by atoms with Gasteiger partial charge in [-0.1, -0.05) is 97.1 Å². The molecule has 0 amide bonds. The van der Waals surface area contributed by atoms with E-state index in [0.717, 1.165) is 11.1 Å². The fourth-order valence-corrected chi connectivity index (χ4v) is 3.57. The Balaban J connectivity index is 1.43. The van der Waals surface area contributed by atoms with Gasteiger partial charge in [0.05, 0.1) is 5.52 Å². The molecule has 0 fully saturated rings. The molecule has 0 atom stereocenters. The van der Waals surface area contributed by atoms with E-state index in [1.807, 2.05) is 24.4 Å². The molecular formula is C27H19N. The molecule has 28 heavy (non-hydrogen) atoms. The van der Waals surface area contributed by atoms with Crippen LogP contribution in [0.4, 0.5) is 0 Å². The molecule has 1 nitrogen and oxygen atoms in total. The summed E-state index contributed by atoms with van der Waals surface area (Å²) in [7, 11) is 0. The van der Waals surface area contributed by atoms with Crippen LogP contribution in [0, 0.1) is 0 Å². The van der Waals surface area contributed by atoms with Crippen molar-refractivity contribution in [2.75, 3.05) is 0 Å². The van der Waals surface area contributed by atoms with Crippen molar-refractivity contribution in [2.24, 2.45) is 0 Å². The number of fused-ring (bicyclic) bond motifs is 1. The number of rotatable bonds is 3. The zero-order valence-corrected chi connectivity index (χ0v) is 15.4. The average molecular weight is 357 g/mol. The third-order valence-corrected chi connectivity index (χ3v) is 5.13. The Morgan fingerprint density at radius 1 is 0.393 bits per heavy atom. The Morgan fingerprint density at radius 2 is 0.857 bits per heavy atom. The number of hydrogen-bond donors (Lipinski definition) is 0. The molecule has 0 aliphatic rings. The van der Waals surface area contributed by atoms with Gasteiger partial charge in [-0.05, 0) is 39.9 Å². The summed E-state index contributed by atoms with van der Waals surface area (Å²) in [6.45, 7) is 0. The van der Waals surface area contributed by atoms with Crippen LogP contribution in [0.1, 0.15) is 0 Å². The van der Waals surface area contributed by atoms with E-state index in [2.05, 4.69) is 96.0 Å². The molecule has 5 aromatic rings. The molecule has 5 rings (SSSR count). The van der Waals surface area contributed by atoms with Crippen molar-refractivity contribution in [3.8, 4) is 33.4 Å². The molecular weight excluding hydrogens is 338 g/mol. The van der Waals surface area contributed by atoms with E-state index in [1.165, 1.54) is 33.2 Å². The number of para-hydroxylation sites is 1. The van der Waals surface area contributed by atoms with Crippen LogP contribution in [-0.4, -0.2) is 4.98 Å². The van der Waals surface area contributed by atoms with Gasteiger partial charge in [0.2, 0.25) is 0 Å². The average Bonchev–Trinajstić information content (AvgIpc) is 2.80. The van der Waals surface area contributed by atoms with Crippen LogP contribution in [0.15, 0.2) is 115 Å². The molecule has 0 saturated heterocycles. The molecule has 0 saturated carbocycles. The Labute approximate surface area is 165 Å². The minimum Gasteiger partial charge on any atom is -0.256 e. The van der Waals surface area contributed by atoms with E-state index in [-0.39, 0.29) is 0 Å². The van der Waals surface area contributed by atoms with Crippen LogP contribution in [0.5, 0.6) is 0 Å². The first-order valence-electron chi connectivity index (χ1n) is 9.48. The first-order chi connectivity index (χ1) is 13.9. The van der Waals surface area contributed by atoms with Gasteiger partial charge >= 0.3 is 0 Å². The zero-order valence-electron chi connectivity index (χ0n) is 15.4. The van der Waals surface area contributed by atoms with E-state index >= 15 is 0 Å². The molecule has 0 radical (unpaired) electrons. The molecule has 1 aromatic heterocycles. The summed E-state index contributed by atoms with van der Waals surface area (Å²) in [6.07, 6.45) is 1.95. The highest BCUT2D eigenvalue weighted by Gasteiger charge is 2.03. The Hall–Kier alpha value is -3.71. The minimum absolute atomic E-state index is 1.03. The van der Waals surface area contributed by atoms with Crippen LogP contribution >= 0.6 is 0 Å². The molecule has 0 spiro atoms. The predicted octanol–water partition coefficient (Wildman–Crippen LogP) is 7.24. The third-order valence-electron chi connectivity index (χ3n) is 5.13. The molecule has 0 unspecified atom stereocenters. The maximum absolute atomic E-state index is 4.58. The zero-order chi connectivity index (χ0) is 18.8. The number of hydrogen-bond acceptors (Lipinski definition) is 1. The van der Waals surface area contributed by atoms with Gasteiger partial charge in [0.15, 0.2) is 0 Å². The highest BCUT2D eigenvalue weighted by molar-refractivity contribution is 5.84. The van der Waals surface area contributed by atoms with Crippen LogP contribution < -0.4 is 0 Å². The fourth-order valence-electron chi connectivity index (χ4n) is 3.57. The second kappa shape index (κ2) is 7.13. The normalized spacial score (nSPS) is 10.9. The lowest BCUT2D eigenvalue weighted by Gasteiger charge is -2.07. The van der Waals surface area contributed by atoms with E-state index in [0.29, 0.717) is 0 Å². The summed E-state index contributed by atoms with van der Waals surface area (Å²) >= 11 is 0. The standard InChI is InChI=1S/C27H19N/c1-2-6-20(7-3-1)21-10-12-22(13-11-21)23-14-16-24(17-15-23)26-18-25-8-4-5-9-27(25)28-19-26/h1-19H. The SMILES string of the molecule is c1ccc(-c2ccc(-c3ccc(-c4cnc5ccccc5c4)cc3)cc2)cc1. The monoisotopic (exact) mass is 357 g/mol. The molecule has 0 aliphatic heterocycles. The predicted molar refractivity (Wildman–Crippen MR) is 118 cm³/mol. The summed E-state index contributed by atoms with van der Waals surface area (Å²) < 4.78 is 0. The van der Waals surface area contributed by atoms with Gasteiger partial charge in [-0.3, -0.25) is 4.98 Å². The maximum atomic E-state index is 4.58. The van der Waals surface area contributed by atoms with Gasteiger partial charge in [-0.25, -0.2) is 0 Å². The van der Waals surface area contributed by atoms with Crippen molar-refractivity contribution in [2.45, 2.75) is 0 Å². The van der Waals surface area contributed by atoms with Gasteiger partial charge in [-0.15, -0.1) is 0 Å². The van der Waals surface area contributed by atoms with Gasteiger partial charge in [0.25, 0.3) is 0 Å². The van der Waals surface area contributed by atoms with E-state index < -0.39 is 0 Å². The fraction of sp³-hybridized carbons (Fsp3) is 0. The van der Waals surface area contributed by atoms with E-state index in [4.69, 9.17) is 0 Å². The highest BCUT2D eigenvalue weighted by atomic mass is 14.6. The highest BCUT2D eigenvalue weighted by Crippen LogP contribution is 2.28. The van der Waals surface area contributed by atoms with Crippen molar-refractivity contribution in [3.63, 3.8) is 0 Å². The Bertz CT molecular complexity index is 1220. The summed E-state index contributed by atoms with van der Waals surface area (Å²) in [5.74, 6) is 0. The first kappa shape index (κ1) is 16.5. The number of benzene rings is 4. The van der Waals surface area contributed by atoms with Crippen LogP contribution in [0.2, 0.25) is 0 Å². The molecule has 4 aromatic carbocycles. The van der Waals surface area contributed by atoms with Crippen molar-refractivity contribution >= 4 is 10.9 Å². The summed E-state index contributed by atoms with van der Waals surface area (Å²) in [6, 6.07) is 38.4. The maximum Gasteiger partial charge on any atom is 0.0702 e. The van der Waals surface area contributed by atoms with Crippen molar-refractivity contribution in [1.29, 1.82) is 0 Å². The smallest absolute Gasteiger partial charge is 0.0702 e. The number of nitrogens with zero attached hydrogens (tertiary/aromatic N) is 1. The van der Waals surface area contributed by atoms with Gasteiger partial charge in [0.1, 0.15) is 0 Å². The van der Waals surface area contributed by atoms with Crippen molar-refractivity contribution in [3.05, 3.63) is 115 Å². The second-order valence-corrected chi connectivity index (χ2v) is 6.94. The minimum atomic E-state index is 1.03. The van der Waals surface area contributed by atoms with Crippen LogP contribution in [0.25, 0.3) is 44.3 Å². The lowest BCUT2D eigenvalue weighted by atomic mass is 9.98. The molecule has 0 N–H and O–H groups in total. The quantitative estimate of drug-likeness (QED) is 0.332. The summed E-state index contributed by atoms with van der Waals surface area (Å²) in [4.78, 5) is 4.58. The van der Waals surface area contributed by atoms with Gasteiger partial charge < -0.3 is 0 Å². The third kappa shape index (κ3) is 3.19. The van der Waals surface area contributed by atoms with Crippen molar-refractivity contribution in [1.82, 2.24) is 4.98 Å². The van der Waals surface area contributed by atoms with E-state index in [9.17, 15) is 0 Å². The van der Waals surface area contributed by atoms with E-state index in [1.54, 1.807) is 0 Å². The molecule has 0 aliphatic carbocycles. The molecule has 1 heteroatoms. The Kier molecular flexibility index (Phi) is 4.19. The number of aromatic nitrogens is 1. The molecule has 0 bridgehead atoms. The summed E-state index contributed by atoms with van der Waals surface area (Å²) in [5.41, 5.74) is 8.28. The van der Waals surface area contributed by atoms with Gasteiger partial charge in [0, 0.05) is 17.1 Å². The topological polar surface area (TPSA) is 12.9 Å². The second-order valence-electron chi connectivity index (χ2n) is 6.94. The van der Waals surface area contributed by atoms with Crippen LogP contribution in [0.3, 0.4) is 0 Å². The lowest BCUT2D eigenvalue weighted by molar-refractivity contribution is 1.41. The van der Waals surface area contributed by atoms with Gasteiger partial charge in [-0.2, -0.15) is 0 Å². The summed E-state index contributed by atoms with van der Waals surface area (Å²) in [5, 5.41) is 1.17. The largest absolute Gasteiger partial charge is 0.256 e. The first-order valence-corrected chi connectivity index (χ1v) is 9.48. The van der Waals surface area contributed by atoms with Crippen molar-refractivity contribution < 1.29 is 0 Å². The molecule has 1 heterocycles.